The second-order valence-electron chi connectivity index (χ2n) is 6.85. The van der Waals surface area contributed by atoms with Crippen molar-refractivity contribution < 1.29 is 27.0 Å². The average Bonchev–Trinajstić information content (AvgIpc) is 3.04. The summed E-state index contributed by atoms with van der Waals surface area (Å²) in [4.78, 5) is 0. The Hall–Kier alpha value is 0.830. The zero-order chi connectivity index (χ0) is 15.8. The molecule has 119 valence electrons. The van der Waals surface area contributed by atoms with Gasteiger partial charge in [0.2, 0.25) is 0 Å². The molecule has 0 unspecified atom stereocenters. The molecule has 0 aromatic carbocycles. The van der Waals surface area contributed by atoms with Crippen molar-refractivity contribution in [1.82, 2.24) is 0 Å². The molecule has 0 aromatic rings. The molecule has 0 aromatic heterocycles. The largest absolute Gasteiger partial charge is 2.00 e. The van der Waals surface area contributed by atoms with E-state index >= 15 is 0 Å². The molecule has 2 aliphatic carbocycles. The number of thiol groups is 1. The molecule has 3 heteroatoms. The van der Waals surface area contributed by atoms with Crippen molar-refractivity contribution >= 4 is 13.5 Å². The van der Waals surface area contributed by atoms with E-state index in [2.05, 4.69) is 99.6 Å². The maximum absolute atomic E-state index is 7.50. The minimum absolute atomic E-state index is 0. The minimum Gasteiger partial charge on any atom is -0.813 e. The quantitative estimate of drug-likeness (QED) is 0.214. The fourth-order valence-electron chi connectivity index (χ4n) is 1.75. The molecular formula is C19H27OSTa+. The maximum Gasteiger partial charge on any atom is 2.00 e. The van der Waals surface area contributed by atoms with Gasteiger partial charge in [0.15, 0.2) is 0 Å². The predicted molar refractivity (Wildman–Crippen MR) is 92.5 cm³/mol. The molecule has 2 saturated carbocycles. The van der Waals surface area contributed by atoms with Crippen molar-refractivity contribution in [2.24, 2.45) is 10.8 Å². The van der Waals surface area contributed by atoms with Gasteiger partial charge in [-0.1, -0.05) is 41.5 Å². The van der Waals surface area contributed by atoms with Crippen LogP contribution in [-0.4, -0.2) is 0 Å². The first-order valence-corrected chi connectivity index (χ1v) is 6.86. The van der Waals surface area contributed by atoms with Crippen molar-refractivity contribution in [2.75, 3.05) is 0 Å². The Morgan fingerprint density at radius 2 is 0.818 bits per heavy atom. The summed E-state index contributed by atoms with van der Waals surface area (Å²) < 4.78 is 7.50. The Labute approximate surface area is 162 Å². The van der Waals surface area contributed by atoms with Gasteiger partial charge in [-0.15, -0.1) is 0 Å². The Balaban J connectivity index is -0.000000273. The van der Waals surface area contributed by atoms with E-state index < -0.39 is 0 Å². The third-order valence-electron chi connectivity index (χ3n) is 3.06. The van der Waals surface area contributed by atoms with Crippen LogP contribution in [0.4, 0.5) is 0 Å². The smallest absolute Gasteiger partial charge is 0.813 e. The molecule has 0 N–H and O–H groups in total. The molecule has 0 spiro atoms. The molecule has 0 atom stereocenters. The van der Waals surface area contributed by atoms with Crippen molar-refractivity contribution in [1.29, 1.82) is 0 Å². The fourth-order valence-corrected chi connectivity index (χ4v) is 1.75. The van der Waals surface area contributed by atoms with Gasteiger partial charge in [-0.05, 0) is 74.0 Å². The zero-order valence-corrected chi connectivity index (χ0v) is 18.5. The third kappa shape index (κ3) is 11.4. The van der Waals surface area contributed by atoms with Gasteiger partial charge in [-0.3, -0.25) is 0 Å². The van der Waals surface area contributed by atoms with E-state index in [1.807, 2.05) is 0 Å². The van der Waals surface area contributed by atoms with Gasteiger partial charge in [-0.2, -0.15) is 0 Å². The first kappa shape index (κ1) is 27.7. The summed E-state index contributed by atoms with van der Waals surface area (Å²) in [6.45, 7) is 17.8. The number of hydrogen-bond donors (Lipinski definition) is 0. The molecule has 11 radical (unpaired) electrons. The second kappa shape index (κ2) is 13.2. The van der Waals surface area contributed by atoms with Gasteiger partial charge in [0, 0.05) is 0 Å². The molecular weight excluding hydrogens is 457 g/mol. The van der Waals surface area contributed by atoms with Crippen LogP contribution in [0.1, 0.15) is 41.5 Å². The summed E-state index contributed by atoms with van der Waals surface area (Å²) >= 11 is 0. The Morgan fingerprint density at radius 3 is 0.909 bits per heavy atom. The van der Waals surface area contributed by atoms with Crippen LogP contribution in [0.25, 0.3) is 0 Å². The van der Waals surface area contributed by atoms with Crippen LogP contribution in [0.3, 0.4) is 0 Å². The molecule has 2 fully saturated rings. The van der Waals surface area contributed by atoms with E-state index in [0.29, 0.717) is 10.8 Å². The van der Waals surface area contributed by atoms with Gasteiger partial charge in [0.05, 0.1) is 0 Å². The number of rotatable bonds is 0. The normalized spacial score (nSPS) is 18.9. The molecule has 0 heterocycles. The van der Waals surface area contributed by atoms with Crippen LogP contribution in [-0.2, 0) is 40.5 Å². The van der Waals surface area contributed by atoms with E-state index in [4.69, 9.17) is 4.65 Å². The Kier molecular flexibility index (Phi) is 16.5. The van der Waals surface area contributed by atoms with Gasteiger partial charge < -0.3 is 13.5 Å². The van der Waals surface area contributed by atoms with Crippen LogP contribution >= 0.6 is 0 Å². The summed E-state index contributed by atoms with van der Waals surface area (Å²) in [5, 5.41) is 0. The summed E-state index contributed by atoms with van der Waals surface area (Å²) in [5.41, 5.74) is 0.646. The summed E-state index contributed by atoms with van der Waals surface area (Å²) in [6, 6.07) is 0. The van der Waals surface area contributed by atoms with E-state index in [9.17, 15) is 0 Å². The molecule has 2 rings (SSSR count). The predicted octanol–water partition coefficient (Wildman–Crippen LogP) is 4.57. The monoisotopic (exact) mass is 484 g/mol. The molecule has 22 heavy (non-hydrogen) atoms. The van der Waals surface area contributed by atoms with Crippen molar-refractivity contribution in [3.63, 3.8) is 0 Å². The molecule has 0 aliphatic heterocycles. The van der Waals surface area contributed by atoms with Crippen molar-refractivity contribution in [3.8, 4) is 0 Å². The third-order valence-corrected chi connectivity index (χ3v) is 3.06. The summed E-state index contributed by atoms with van der Waals surface area (Å²) in [7, 11) is 0. The van der Waals surface area contributed by atoms with Gasteiger partial charge in [0.25, 0.3) is 0 Å². The van der Waals surface area contributed by atoms with E-state index in [1.165, 1.54) is 11.8 Å². The fraction of sp³-hybridized carbons (Fsp3) is 0.421. The van der Waals surface area contributed by atoms with Crippen LogP contribution in [0.5, 0.6) is 0 Å². The standard InChI is InChI=1S/2C9H13.CO.H2S.Ta/c2*1-9(2,3)8-6-4-5-7-8;1-2;;/h2*4-7H,1-3H3;;1H2;/q;;;;+2/p-1. The molecule has 0 amide bonds. The van der Waals surface area contributed by atoms with E-state index in [-0.39, 0.29) is 35.9 Å². The average molecular weight is 484 g/mol. The van der Waals surface area contributed by atoms with Crippen LogP contribution in [0.2, 0.25) is 0 Å². The molecule has 2 aliphatic rings. The van der Waals surface area contributed by atoms with E-state index in [1.54, 1.807) is 0 Å². The van der Waals surface area contributed by atoms with Crippen LogP contribution in [0.15, 0.2) is 0 Å². The first-order valence-electron chi connectivity index (χ1n) is 6.86. The Bertz CT molecular complexity index is 237. The first-order chi connectivity index (χ1) is 9.21. The van der Waals surface area contributed by atoms with Crippen molar-refractivity contribution in [2.45, 2.75) is 41.5 Å². The SMILES string of the molecule is CC(C)(C)[C]1[CH][CH][CH][CH]1.CC(C)(C)[C]1[CH][CH][CH][CH]1.[C-]#[O+].[SH-].[Ta+2]. The maximum atomic E-state index is 7.50. The number of hydrogen-bond acceptors (Lipinski definition) is 1. The zero-order valence-electron chi connectivity index (χ0n) is 14.4. The van der Waals surface area contributed by atoms with E-state index in [0.717, 1.165) is 0 Å². The topological polar surface area (TPSA) is 19.9 Å². The molecule has 1 nitrogen and oxygen atoms in total. The van der Waals surface area contributed by atoms with Gasteiger partial charge in [-0.25, -0.2) is 0 Å². The summed E-state index contributed by atoms with van der Waals surface area (Å²) in [5.74, 6) is 2.84. The second-order valence-corrected chi connectivity index (χ2v) is 6.85. The summed E-state index contributed by atoms with van der Waals surface area (Å²) in [6.07, 6.45) is 17.0. The molecule has 0 saturated heterocycles. The van der Waals surface area contributed by atoms with Gasteiger partial charge >= 0.3 is 33.7 Å². The molecule has 0 bridgehead atoms. The van der Waals surface area contributed by atoms with Crippen molar-refractivity contribution in [3.05, 3.63) is 69.9 Å². The van der Waals surface area contributed by atoms with Gasteiger partial charge in [0.1, 0.15) is 0 Å². The minimum atomic E-state index is 0. The van der Waals surface area contributed by atoms with Crippen LogP contribution < -0.4 is 0 Å². The Morgan fingerprint density at radius 1 is 0.636 bits per heavy atom. The van der Waals surface area contributed by atoms with Crippen LogP contribution in [0, 0.1) is 80.7 Å².